The van der Waals surface area contributed by atoms with Crippen molar-refractivity contribution in [2.45, 2.75) is 39.3 Å². The van der Waals surface area contributed by atoms with Crippen LogP contribution in [0.2, 0.25) is 0 Å². The fraction of sp³-hybridized carbons (Fsp3) is 0.750. The van der Waals surface area contributed by atoms with Crippen molar-refractivity contribution in [3.63, 3.8) is 0 Å². The Morgan fingerprint density at radius 3 is 2.68 bits per heavy atom. The molecule has 2 atom stereocenters. The molecule has 0 radical (unpaired) electrons. The molecule has 2 saturated heterocycles. The van der Waals surface area contributed by atoms with Crippen LogP contribution in [0.4, 0.5) is 0 Å². The predicted molar refractivity (Wildman–Crippen MR) is 85.8 cm³/mol. The van der Waals surface area contributed by atoms with Crippen molar-refractivity contribution in [3.8, 4) is 0 Å². The average Bonchev–Trinajstić information content (AvgIpc) is 3.13. The van der Waals surface area contributed by atoms with Gasteiger partial charge in [0.1, 0.15) is 6.04 Å². The summed E-state index contributed by atoms with van der Waals surface area (Å²) >= 11 is 0. The molecule has 0 bridgehead atoms. The van der Waals surface area contributed by atoms with Gasteiger partial charge < -0.3 is 10.2 Å². The number of carbonyl (C=O) groups excluding carboxylic acids is 1. The normalized spacial score (nSPS) is 24.7. The first-order valence-electron chi connectivity index (χ1n) is 8.32. The van der Waals surface area contributed by atoms with E-state index in [1.54, 1.807) is 0 Å². The standard InChI is InChI=1S/C16H27N5O/c1-12-10-13(2)21(18-12)14(3)16(22)20-7-4-15(11-20)19-8-5-17-6-9-19/h10,14-15,17H,4-9,11H2,1-3H3. The third kappa shape index (κ3) is 3.03. The molecule has 2 aliphatic rings. The van der Waals surface area contributed by atoms with Crippen LogP contribution in [0.5, 0.6) is 0 Å². The Balaban J connectivity index is 1.62. The number of nitrogens with zero attached hydrogens (tertiary/aromatic N) is 4. The molecule has 1 N–H and O–H groups in total. The number of hydrogen-bond donors (Lipinski definition) is 1. The van der Waals surface area contributed by atoms with Gasteiger partial charge in [0.2, 0.25) is 5.91 Å². The zero-order valence-corrected chi connectivity index (χ0v) is 13.9. The largest absolute Gasteiger partial charge is 0.339 e. The van der Waals surface area contributed by atoms with E-state index in [9.17, 15) is 4.79 Å². The lowest BCUT2D eigenvalue weighted by Gasteiger charge is -2.32. The minimum Gasteiger partial charge on any atom is -0.339 e. The van der Waals surface area contributed by atoms with Crippen LogP contribution in [0.25, 0.3) is 0 Å². The highest BCUT2D eigenvalue weighted by Crippen LogP contribution is 2.21. The van der Waals surface area contributed by atoms with Crippen LogP contribution in [-0.4, -0.2) is 70.8 Å². The molecule has 1 amide bonds. The molecule has 6 nitrogen and oxygen atoms in total. The molecule has 2 unspecified atom stereocenters. The highest BCUT2D eigenvalue weighted by atomic mass is 16.2. The summed E-state index contributed by atoms with van der Waals surface area (Å²) in [5.74, 6) is 0.198. The van der Waals surface area contributed by atoms with Gasteiger partial charge in [-0.25, -0.2) is 0 Å². The Morgan fingerprint density at radius 1 is 1.32 bits per heavy atom. The Labute approximate surface area is 132 Å². The summed E-state index contributed by atoms with van der Waals surface area (Å²) < 4.78 is 1.86. The van der Waals surface area contributed by atoms with Gasteiger partial charge in [-0.2, -0.15) is 5.10 Å². The molecule has 0 aliphatic carbocycles. The van der Waals surface area contributed by atoms with Crippen molar-refractivity contribution in [1.29, 1.82) is 0 Å². The van der Waals surface area contributed by atoms with E-state index in [-0.39, 0.29) is 11.9 Å². The highest BCUT2D eigenvalue weighted by Gasteiger charge is 2.33. The van der Waals surface area contributed by atoms with Crippen molar-refractivity contribution in [2.75, 3.05) is 39.3 Å². The number of rotatable bonds is 3. The molecular formula is C16H27N5O. The second-order valence-electron chi connectivity index (χ2n) is 6.56. The van der Waals surface area contributed by atoms with Gasteiger partial charge in [-0.1, -0.05) is 0 Å². The van der Waals surface area contributed by atoms with Crippen LogP contribution in [0, 0.1) is 13.8 Å². The molecule has 1 aromatic heterocycles. The third-order valence-electron chi connectivity index (χ3n) is 4.91. The van der Waals surface area contributed by atoms with E-state index >= 15 is 0 Å². The Hall–Kier alpha value is -1.40. The fourth-order valence-electron chi connectivity index (χ4n) is 3.69. The summed E-state index contributed by atoms with van der Waals surface area (Å²) in [5, 5.41) is 7.85. The first-order chi connectivity index (χ1) is 10.6. The average molecular weight is 305 g/mol. The molecule has 3 rings (SSSR count). The minimum absolute atomic E-state index is 0.198. The van der Waals surface area contributed by atoms with Crippen molar-refractivity contribution in [2.24, 2.45) is 0 Å². The van der Waals surface area contributed by atoms with Crippen LogP contribution >= 0.6 is 0 Å². The first-order valence-corrected chi connectivity index (χ1v) is 8.32. The van der Waals surface area contributed by atoms with Crippen molar-refractivity contribution in [1.82, 2.24) is 24.9 Å². The van der Waals surface area contributed by atoms with Gasteiger partial charge in [-0.15, -0.1) is 0 Å². The maximum atomic E-state index is 12.8. The van der Waals surface area contributed by atoms with Crippen LogP contribution < -0.4 is 5.32 Å². The number of piperazine rings is 1. The van der Waals surface area contributed by atoms with Gasteiger partial charge in [0.15, 0.2) is 0 Å². The molecule has 22 heavy (non-hydrogen) atoms. The fourth-order valence-corrected chi connectivity index (χ4v) is 3.69. The van der Waals surface area contributed by atoms with Crippen molar-refractivity contribution < 1.29 is 4.79 Å². The number of amides is 1. The summed E-state index contributed by atoms with van der Waals surface area (Å²) in [4.78, 5) is 17.3. The second kappa shape index (κ2) is 6.38. The lowest BCUT2D eigenvalue weighted by atomic mass is 10.2. The maximum Gasteiger partial charge on any atom is 0.247 e. The van der Waals surface area contributed by atoms with Crippen molar-refractivity contribution >= 4 is 5.91 Å². The molecular weight excluding hydrogens is 278 g/mol. The molecule has 1 aromatic rings. The third-order valence-corrected chi connectivity index (χ3v) is 4.91. The van der Waals surface area contributed by atoms with Gasteiger partial charge >= 0.3 is 0 Å². The van der Waals surface area contributed by atoms with Gasteiger partial charge in [-0.3, -0.25) is 14.4 Å². The zero-order chi connectivity index (χ0) is 15.7. The molecule has 122 valence electrons. The van der Waals surface area contributed by atoms with Gasteiger partial charge in [0.05, 0.1) is 5.69 Å². The van der Waals surface area contributed by atoms with E-state index in [0.29, 0.717) is 6.04 Å². The lowest BCUT2D eigenvalue weighted by molar-refractivity contribution is -0.133. The Morgan fingerprint density at radius 2 is 2.05 bits per heavy atom. The maximum absolute atomic E-state index is 12.8. The summed E-state index contributed by atoms with van der Waals surface area (Å²) in [6.07, 6.45) is 1.09. The minimum atomic E-state index is -0.213. The lowest BCUT2D eigenvalue weighted by Crippen LogP contribution is -2.49. The number of likely N-dealkylation sites (tertiary alicyclic amines) is 1. The van der Waals surface area contributed by atoms with Gasteiger partial charge in [0.25, 0.3) is 0 Å². The molecule has 0 spiro atoms. The number of nitrogens with one attached hydrogen (secondary N) is 1. The van der Waals surface area contributed by atoms with E-state index in [1.165, 1.54) is 0 Å². The van der Waals surface area contributed by atoms with Crippen LogP contribution in [0.3, 0.4) is 0 Å². The topological polar surface area (TPSA) is 53.4 Å². The van der Waals surface area contributed by atoms with E-state index in [4.69, 9.17) is 0 Å². The quantitative estimate of drug-likeness (QED) is 0.887. The molecule has 3 heterocycles. The summed E-state index contributed by atoms with van der Waals surface area (Å²) in [5.41, 5.74) is 2.02. The molecule has 2 fully saturated rings. The Kier molecular flexibility index (Phi) is 4.49. The summed E-state index contributed by atoms with van der Waals surface area (Å²) in [6, 6.07) is 2.34. The second-order valence-corrected chi connectivity index (χ2v) is 6.56. The van der Waals surface area contributed by atoms with Gasteiger partial charge in [-0.05, 0) is 33.3 Å². The number of aryl methyl sites for hydroxylation is 2. The Bertz CT molecular complexity index is 535. The van der Waals surface area contributed by atoms with E-state index in [0.717, 1.165) is 57.1 Å². The van der Waals surface area contributed by atoms with Crippen molar-refractivity contribution in [3.05, 3.63) is 17.5 Å². The van der Waals surface area contributed by atoms with Crippen LogP contribution in [-0.2, 0) is 4.79 Å². The molecule has 0 saturated carbocycles. The van der Waals surface area contributed by atoms with E-state index in [1.807, 2.05) is 36.4 Å². The summed E-state index contributed by atoms with van der Waals surface area (Å²) in [7, 11) is 0. The summed E-state index contributed by atoms with van der Waals surface area (Å²) in [6.45, 7) is 12.0. The van der Waals surface area contributed by atoms with E-state index < -0.39 is 0 Å². The molecule has 0 aromatic carbocycles. The first kappa shape index (κ1) is 15.5. The van der Waals surface area contributed by atoms with Crippen LogP contribution in [0.1, 0.15) is 30.8 Å². The van der Waals surface area contributed by atoms with Crippen LogP contribution in [0.15, 0.2) is 6.07 Å². The molecule has 6 heteroatoms. The number of carbonyl (C=O) groups is 1. The van der Waals surface area contributed by atoms with Gasteiger partial charge in [0, 0.05) is 51.0 Å². The number of hydrogen-bond acceptors (Lipinski definition) is 4. The SMILES string of the molecule is Cc1cc(C)n(C(C)C(=O)N2CCC(N3CCNCC3)C2)n1. The smallest absolute Gasteiger partial charge is 0.247 e. The monoisotopic (exact) mass is 305 g/mol. The van der Waals surface area contributed by atoms with E-state index in [2.05, 4.69) is 15.3 Å². The zero-order valence-electron chi connectivity index (χ0n) is 13.9. The number of aromatic nitrogens is 2. The highest BCUT2D eigenvalue weighted by molar-refractivity contribution is 5.80. The molecule has 2 aliphatic heterocycles. The predicted octanol–water partition coefficient (Wildman–Crippen LogP) is 0.567.